The molecule has 0 radical (unpaired) electrons. The first kappa shape index (κ1) is 20.4. The largest absolute Gasteiger partial charge is 0.465 e. The van der Waals surface area contributed by atoms with E-state index in [4.69, 9.17) is 19.9 Å². The Hall–Kier alpha value is -2.91. The van der Waals surface area contributed by atoms with Crippen LogP contribution in [0, 0.1) is 0 Å². The molecule has 0 aliphatic heterocycles. The number of nitrogen functional groups attached to an aromatic ring is 1. The van der Waals surface area contributed by atoms with Crippen molar-refractivity contribution in [2.24, 2.45) is 0 Å². The molecule has 146 valence electrons. The first-order valence-corrected chi connectivity index (χ1v) is 8.40. The van der Waals surface area contributed by atoms with E-state index in [1.165, 1.54) is 13.4 Å². The number of carbonyl (C=O) groups is 1. The SMILES string of the molecule is COCCN(CCOC)c1ncnc(Nc2ccccc2C(=O)OC)c1N. The smallest absolute Gasteiger partial charge is 0.339 e. The Labute approximate surface area is 158 Å². The van der Waals surface area contributed by atoms with Crippen molar-refractivity contribution in [2.75, 3.05) is 63.6 Å². The predicted molar refractivity (Wildman–Crippen MR) is 103 cm³/mol. The zero-order valence-electron chi connectivity index (χ0n) is 15.8. The molecule has 3 N–H and O–H groups in total. The summed E-state index contributed by atoms with van der Waals surface area (Å²) in [4.78, 5) is 22.4. The number of benzene rings is 1. The van der Waals surface area contributed by atoms with Gasteiger partial charge in [-0.3, -0.25) is 0 Å². The van der Waals surface area contributed by atoms with Crippen LogP contribution in [0.4, 0.5) is 23.0 Å². The Kier molecular flexibility index (Phi) is 7.78. The average Bonchev–Trinajstić information content (AvgIpc) is 2.70. The normalized spacial score (nSPS) is 10.5. The average molecular weight is 375 g/mol. The van der Waals surface area contributed by atoms with Crippen LogP contribution in [-0.2, 0) is 14.2 Å². The number of ether oxygens (including phenoxy) is 3. The van der Waals surface area contributed by atoms with Crippen molar-refractivity contribution in [2.45, 2.75) is 0 Å². The molecule has 1 aromatic heterocycles. The van der Waals surface area contributed by atoms with Gasteiger partial charge in [0.05, 0.1) is 31.6 Å². The van der Waals surface area contributed by atoms with Gasteiger partial charge in [0, 0.05) is 27.3 Å². The minimum atomic E-state index is -0.451. The van der Waals surface area contributed by atoms with Crippen molar-refractivity contribution < 1.29 is 19.0 Å². The number of esters is 1. The Morgan fingerprint density at radius 2 is 1.78 bits per heavy atom. The third-order valence-electron chi connectivity index (χ3n) is 3.88. The minimum absolute atomic E-state index is 0.365. The Balaban J connectivity index is 2.32. The van der Waals surface area contributed by atoms with Crippen LogP contribution in [0.3, 0.4) is 0 Å². The van der Waals surface area contributed by atoms with Crippen molar-refractivity contribution in [1.82, 2.24) is 9.97 Å². The number of hydrogen-bond acceptors (Lipinski definition) is 9. The van der Waals surface area contributed by atoms with Gasteiger partial charge in [-0.2, -0.15) is 0 Å². The summed E-state index contributed by atoms with van der Waals surface area (Å²) < 4.78 is 15.1. The first-order chi connectivity index (χ1) is 13.1. The lowest BCUT2D eigenvalue weighted by molar-refractivity contribution is 0.0602. The monoisotopic (exact) mass is 375 g/mol. The maximum atomic E-state index is 12.0. The molecule has 0 amide bonds. The van der Waals surface area contributed by atoms with E-state index in [1.807, 2.05) is 4.90 Å². The fourth-order valence-electron chi connectivity index (χ4n) is 2.47. The van der Waals surface area contributed by atoms with E-state index in [1.54, 1.807) is 38.5 Å². The van der Waals surface area contributed by atoms with E-state index in [0.29, 0.717) is 54.9 Å². The molecule has 0 saturated carbocycles. The van der Waals surface area contributed by atoms with Crippen LogP contribution in [0.15, 0.2) is 30.6 Å². The second kappa shape index (κ2) is 10.3. The molecule has 1 aromatic carbocycles. The molecule has 0 aliphatic rings. The first-order valence-electron chi connectivity index (χ1n) is 8.40. The molecule has 0 saturated heterocycles. The van der Waals surface area contributed by atoms with Crippen LogP contribution in [-0.4, -0.2) is 63.6 Å². The van der Waals surface area contributed by atoms with Gasteiger partial charge < -0.3 is 30.2 Å². The topological polar surface area (TPSA) is 112 Å². The highest BCUT2D eigenvalue weighted by Gasteiger charge is 2.17. The summed E-state index contributed by atoms with van der Waals surface area (Å²) in [6, 6.07) is 6.97. The molecule has 0 unspecified atom stereocenters. The molecule has 2 rings (SSSR count). The maximum absolute atomic E-state index is 12.0. The number of aromatic nitrogens is 2. The molecular weight excluding hydrogens is 350 g/mol. The number of nitrogens with zero attached hydrogens (tertiary/aromatic N) is 3. The lowest BCUT2D eigenvalue weighted by atomic mass is 10.2. The van der Waals surface area contributed by atoms with E-state index in [9.17, 15) is 4.79 Å². The van der Waals surface area contributed by atoms with Crippen molar-refractivity contribution >= 4 is 29.0 Å². The predicted octanol–water partition coefficient (Wildman–Crippen LogP) is 1.69. The number of hydrogen-bond donors (Lipinski definition) is 2. The zero-order valence-corrected chi connectivity index (χ0v) is 15.8. The van der Waals surface area contributed by atoms with Gasteiger partial charge in [-0.1, -0.05) is 12.1 Å². The van der Waals surface area contributed by atoms with E-state index in [0.717, 1.165) is 0 Å². The lowest BCUT2D eigenvalue weighted by Gasteiger charge is -2.25. The molecule has 0 bridgehead atoms. The molecule has 9 nitrogen and oxygen atoms in total. The summed E-state index contributed by atoms with van der Waals surface area (Å²) in [5.74, 6) is 0.515. The van der Waals surface area contributed by atoms with Crippen molar-refractivity contribution in [3.05, 3.63) is 36.2 Å². The zero-order chi connectivity index (χ0) is 19.6. The van der Waals surface area contributed by atoms with Gasteiger partial charge in [-0.25, -0.2) is 14.8 Å². The standard InChI is InChI=1S/C18H25N5O4/c1-25-10-8-23(9-11-26-2)17-15(19)16(20-12-21-17)22-14-7-5-4-6-13(14)18(24)27-3/h4-7,12H,8-11,19H2,1-3H3,(H,20,21,22). The summed E-state index contributed by atoms with van der Waals surface area (Å²) in [6.45, 7) is 2.22. The number of rotatable bonds is 10. The minimum Gasteiger partial charge on any atom is -0.465 e. The van der Waals surface area contributed by atoms with Crippen LogP contribution in [0.2, 0.25) is 0 Å². The summed E-state index contributed by atoms with van der Waals surface area (Å²) >= 11 is 0. The number of para-hydroxylation sites is 1. The number of methoxy groups -OCH3 is 3. The van der Waals surface area contributed by atoms with Gasteiger partial charge in [0.1, 0.15) is 12.0 Å². The van der Waals surface area contributed by atoms with E-state index in [-0.39, 0.29) is 0 Å². The number of nitrogens with two attached hydrogens (primary N) is 1. The molecule has 0 spiro atoms. The van der Waals surface area contributed by atoms with Gasteiger partial charge in [0.2, 0.25) is 0 Å². The fourth-order valence-corrected chi connectivity index (χ4v) is 2.47. The van der Waals surface area contributed by atoms with E-state index in [2.05, 4.69) is 15.3 Å². The molecule has 2 aromatic rings. The second-order valence-corrected chi connectivity index (χ2v) is 5.59. The Bertz CT molecular complexity index is 748. The van der Waals surface area contributed by atoms with Gasteiger partial charge >= 0.3 is 5.97 Å². The summed E-state index contributed by atoms with van der Waals surface area (Å²) in [6.07, 6.45) is 1.42. The van der Waals surface area contributed by atoms with Crippen LogP contribution in [0.25, 0.3) is 0 Å². The van der Waals surface area contributed by atoms with Crippen molar-refractivity contribution in [3.63, 3.8) is 0 Å². The second-order valence-electron chi connectivity index (χ2n) is 5.59. The molecule has 1 heterocycles. The van der Waals surface area contributed by atoms with Crippen LogP contribution in [0.5, 0.6) is 0 Å². The maximum Gasteiger partial charge on any atom is 0.339 e. The highest BCUT2D eigenvalue weighted by Crippen LogP contribution is 2.29. The van der Waals surface area contributed by atoms with Gasteiger partial charge in [-0.05, 0) is 12.1 Å². The van der Waals surface area contributed by atoms with Crippen LogP contribution in [0.1, 0.15) is 10.4 Å². The van der Waals surface area contributed by atoms with Gasteiger partial charge in [-0.15, -0.1) is 0 Å². The van der Waals surface area contributed by atoms with Crippen molar-refractivity contribution in [1.29, 1.82) is 0 Å². The molecule has 0 aliphatic carbocycles. The summed E-state index contributed by atoms with van der Waals surface area (Å²) in [7, 11) is 4.60. The highest BCUT2D eigenvalue weighted by molar-refractivity contribution is 5.97. The number of anilines is 4. The Morgan fingerprint density at radius 1 is 1.11 bits per heavy atom. The van der Waals surface area contributed by atoms with Crippen LogP contribution >= 0.6 is 0 Å². The molecule has 0 atom stereocenters. The number of carbonyl (C=O) groups excluding carboxylic acids is 1. The van der Waals surface area contributed by atoms with Gasteiger partial charge in [0.15, 0.2) is 11.6 Å². The van der Waals surface area contributed by atoms with Gasteiger partial charge in [0.25, 0.3) is 0 Å². The molecule has 0 fully saturated rings. The Morgan fingerprint density at radius 3 is 2.41 bits per heavy atom. The quantitative estimate of drug-likeness (QED) is 0.599. The third-order valence-corrected chi connectivity index (χ3v) is 3.88. The summed E-state index contributed by atoms with van der Waals surface area (Å²) in [5.41, 5.74) is 7.60. The van der Waals surface area contributed by atoms with Crippen LogP contribution < -0.4 is 16.0 Å². The number of nitrogens with one attached hydrogen (secondary N) is 1. The fraction of sp³-hybridized carbons (Fsp3) is 0.389. The van der Waals surface area contributed by atoms with E-state index >= 15 is 0 Å². The molecular formula is C18H25N5O4. The third kappa shape index (κ3) is 5.28. The van der Waals surface area contributed by atoms with Crippen molar-refractivity contribution in [3.8, 4) is 0 Å². The molecule has 9 heteroatoms. The highest BCUT2D eigenvalue weighted by atomic mass is 16.5. The lowest BCUT2D eigenvalue weighted by Crippen LogP contribution is -2.32. The van der Waals surface area contributed by atoms with E-state index < -0.39 is 5.97 Å². The molecule has 27 heavy (non-hydrogen) atoms. The summed E-state index contributed by atoms with van der Waals surface area (Å²) in [5, 5.41) is 3.10.